The van der Waals surface area contributed by atoms with Gasteiger partial charge in [-0.25, -0.2) is 18.0 Å². The minimum atomic E-state index is -1.79. The first-order valence-corrected chi connectivity index (χ1v) is 5.93. The molecule has 0 heterocycles. The third-order valence-corrected chi connectivity index (χ3v) is 3.11. The second-order valence-electron chi connectivity index (χ2n) is 4.43. The van der Waals surface area contributed by atoms with Gasteiger partial charge in [0, 0.05) is 23.3 Å². The van der Waals surface area contributed by atoms with Crippen molar-refractivity contribution in [3.63, 3.8) is 0 Å². The number of aliphatic carboxylic acids is 1. The van der Waals surface area contributed by atoms with E-state index in [-0.39, 0.29) is 24.0 Å². The van der Waals surface area contributed by atoms with Gasteiger partial charge in [0.25, 0.3) is 5.91 Å². The van der Waals surface area contributed by atoms with Crippen molar-refractivity contribution in [3.05, 3.63) is 40.7 Å². The Hall–Kier alpha value is -2.38. The number of halogens is 4. The number of hydrogen-bond donors (Lipinski definition) is 1. The van der Waals surface area contributed by atoms with Gasteiger partial charge < -0.3 is 5.11 Å². The maximum absolute atomic E-state index is 13.9. The quantitative estimate of drug-likeness (QED) is 0.530. The van der Waals surface area contributed by atoms with Crippen molar-refractivity contribution in [2.45, 2.75) is 19.3 Å². The summed E-state index contributed by atoms with van der Waals surface area (Å²) in [6.45, 7) is 0. The first-order valence-electron chi connectivity index (χ1n) is 5.93. The molecule has 0 bridgehead atoms. The van der Waals surface area contributed by atoms with E-state index in [1.807, 2.05) is 0 Å². The van der Waals surface area contributed by atoms with Crippen molar-refractivity contribution in [2.75, 3.05) is 5.12 Å². The van der Waals surface area contributed by atoms with Gasteiger partial charge in [-0.3, -0.25) is 4.79 Å². The monoisotopic (exact) mass is 303 g/mol. The minimum Gasteiger partial charge on any atom is -0.478 e. The molecule has 4 nitrogen and oxygen atoms in total. The third-order valence-electron chi connectivity index (χ3n) is 3.11. The maximum atomic E-state index is 13.9. The van der Waals surface area contributed by atoms with Crippen LogP contribution in [0.2, 0.25) is 0 Å². The molecule has 112 valence electrons. The number of hydrogen-bond acceptors (Lipinski definition) is 2. The molecule has 1 aromatic carbocycles. The molecule has 0 radical (unpaired) electrons. The number of carboxylic acid groups (broad SMARTS) is 1. The molecule has 1 amide bonds. The van der Waals surface area contributed by atoms with Gasteiger partial charge >= 0.3 is 5.97 Å². The number of carbonyl (C=O) groups excluding carboxylic acids is 1. The summed E-state index contributed by atoms with van der Waals surface area (Å²) in [5.74, 6) is -7.76. The summed E-state index contributed by atoms with van der Waals surface area (Å²) < 4.78 is 52.7. The van der Waals surface area contributed by atoms with Crippen LogP contribution in [-0.2, 0) is 9.59 Å². The summed E-state index contributed by atoms with van der Waals surface area (Å²) in [6.07, 6.45) is 0.520. The molecule has 1 aliphatic rings. The van der Waals surface area contributed by atoms with Crippen LogP contribution in [0.4, 0.5) is 23.3 Å². The highest BCUT2D eigenvalue weighted by Gasteiger charge is 2.30. The molecule has 0 unspecified atom stereocenters. The van der Waals surface area contributed by atoms with E-state index in [4.69, 9.17) is 5.11 Å². The molecular formula is C13H9F4NO3. The van der Waals surface area contributed by atoms with Crippen LogP contribution in [-0.4, -0.2) is 17.0 Å². The van der Waals surface area contributed by atoms with E-state index in [9.17, 15) is 27.2 Å². The molecule has 1 aromatic rings. The zero-order valence-electron chi connectivity index (χ0n) is 10.5. The molecule has 21 heavy (non-hydrogen) atoms. The average molecular weight is 303 g/mol. The van der Waals surface area contributed by atoms with E-state index in [0.717, 1.165) is 0 Å². The van der Waals surface area contributed by atoms with Crippen molar-refractivity contribution in [2.24, 2.45) is 0 Å². The van der Waals surface area contributed by atoms with Crippen LogP contribution in [0, 0.1) is 17.5 Å². The van der Waals surface area contributed by atoms with E-state index >= 15 is 0 Å². The van der Waals surface area contributed by atoms with Crippen molar-refractivity contribution in [3.8, 4) is 0 Å². The standard InChI is InChI=1S/C13H9F4NO3/c14-9-4-6(5-10(15)11(9)16)18(17)12(19)7-2-1-3-8(7)13(20)21/h4-5H,1-3H2,(H,20,21). The summed E-state index contributed by atoms with van der Waals surface area (Å²) in [4.78, 5) is 22.8. The molecule has 0 aliphatic heterocycles. The van der Waals surface area contributed by atoms with Gasteiger partial charge in [-0.2, -0.15) is 0 Å². The van der Waals surface area contributed by atoms with Crippen LogP contribution in [0.3, 0.4) is 0 Å². The lowest BCUT2D eigenvalue weighted by atomic mass is 10.1. The van der Waals surface area contributed by atoms with E-state index in [1.54, 1.807) is 0 Å². The Kier molecular flexibility index (Phi) is 3.97. The maximum Gasteiger partial charge on any atom is 0.332 e. The number of rotatable bonds is 3. The smallest absolute Gasteiger partial charge is 0.332 e. The molecule has 0 saturated heterocycles. The molecular weight excluding hydrogens is 294 g/mol. The highest BCUT2D eigenvalue weighted by atomic mass is 19.2. The Labute approximate surface area is 116 Å². The van der Waals surface area contributed by atoms with Gasteiger partial charge in [0.1, 0.15) is 0 Å². The van der Waals surface area contributed by atoms with Crippen molar-refractivity contribution in [1.29, 1.82) is 0 Å². The molecule has 0 atom stereocenters. The fourth-order valence-electron chi connectivity index (χ4n) is 2.11. The van der Waals surface area contributed by atoms with Crippen LogP contribution in [0.25, 0.3) is 0 Å². The van der Waals surface area contributed by atoms with Crippen molar-refractivity contribution >= 4 is 17.6 Å². The van der Waals surface area contributed by atoms with Crippen molar-refractivity contribution in [1.82, 2.24) is 0 Å². The van der Waals surface area contributed by atoms with E-state index in [0.29, 0.717) is 18.6 Å². The number of benzene rings is 1. The van der Waals surface area contributed by atoms with Gasteiger partial charge in [0.15, 0.2) is 17.5 Å². The number of carbonyl (C=O) groups is 2. The van der Waals surface area contributed by atoms with Crippen LogP contribution in [0.5, 0.6) is 0 Å². The largest absolute Gasteiger partial charge is 0.478 e. The molecule has 8 heteroatoms. The lowest BCUT2D eigenvalue weighted by Gasteiger charge is -2.14. The predicted molar refractivity (Wildman–Crippen MR) is 63.4 cm³/mol. The van der Waals surface area contributed by atoms with Gasteiger partial charge in [0.2, 0.25) is 0 Å². The molecule has 0 spiro atoms. The summed E-state index contributed by atoms with van der Waals surface area (Å²) in [5.41, 5.74) is -1.35. The van der Waals surface area contributed by atoms with Crippen LogP contribution >= 0.6 is 0 Å². The fourth-order valence-corrected chi connectivity index (χ4v) is 2.11. The molecule has 0 aromatic heterocycles. The van der Waals surface area contributed by atoms with E-state index in [2.05, 4.69) is 0 Å². The van der Waals surface area contributed by atoms with E-state index < -0.39 is 40.1 Å². The van der Waals surface area contributed by atoms with Gasteiger partial charge in [0.05, 0.1) is 5.69 Å². The highest BCUT2D eigenvalue weighted by molar-refractivity contribution is 6.09. The second kappa shape index (κ2) is 5.55. The third kappa shape index (κ3) is 2.74. The zero-order chi connectivity index (χ0) is 15.7. The molecule has 0 saturated carbocycles. The first-order chi connectivity index (χ1) is 9.82. The van der Waals surface area contributed by atoms with E-state index in [1.165, 1.54) is 0 Å². The minimum absolute atomic E-state index is 0.0487. The Morgan fingerprint density at radius 3 is 2.10 bits per heavy atom. The van der Waals surface area contributed by atoms with Crippen molar-refractivity contribution < 1.29 is 32.3 Å². The van der Waals surface area contributed by atoms with Gasteiger partial charge in [-0.15, -0.1) is 5.12 Å². The Morgan fingerprint density at radius 1 is 1.05 bits per heavy atom. The molecule has 1 N–H and O–H groups in total. The summed E-state index contributed by atoms with van der Waals surface area (Å²) in [6, 6.07) is 0.624. The molecule has 1 aliphatic carbocycles. The lowest BCUT2D eigenvalue weighted by Crippen LogP contribution is -2.25. The zero-order valence-corrected chi connectivity index (χ0v) is 10.5. The Bertz CT molecular complexity index is 634. The average Bonchev–Trinajstić information content (AvgIpc) is 2.92. The number of amides is 1. The lowest BCUT2D eigenvalue weighted by molar-refractivity contribution is -0.133. The summed E-state index contributed by atoms with van der Waals surface area (Å²) >= 11 is 0. The number of anilines is 1. The highest BCUT2D eigenvalue weighted by Crippen LogP contribution is 2.30. The van der Waals surface area contributed by atoms with Crippen LogP contribution < -0.4 is 5.12 Å². The SMILES string of the molecule is O=C(O)C1=C(C(=O)N(F)c2cc(F)c(F)c(F)c2)CCC1. The normalized spacial score (nSPS) is 14.5. The predicted octanol–water partition coefficient (Wildman–Crippen LogP) is 2.89. The van der Waals surface area contributed by atoms with Crippen LogP contribution in [0.15, 0.2) is 23.3 Å². The van der Waals surface area contributed by atoms with Gasteiger partial charge in [-0.05, 0) is 19.3 Å². The molecule has 2 rings (SSSR count). The summed E-state index contributed by atoms with van der Waals surface area (Å²) in [7, 11) is 0. The topological polar surface area (TPSA) is 57.6 Å². The Morgan fingerprint density at radius 2 is 1.57 bits per heavy atom. The Balaban J connectivity index is 2.36. The fraction of sp³-hybridized carbons (Fsp3) is 0.231. The molecule has 0 fully saturated rings. The van der Waals surface area contributed by atoms with Crippen LogP contribution in [0.1, 0.15) is 19.3 Å². The van der Waals surface area contributed by atoms with Gasteiger partial charge in [-0.1, -0.05) is 4.48 Å². The first kappa shape index (κ1) is 15.0. The summed E-state index contributed by atoms with van der Waals surface area (Å²) in [5, 5.41) is 8.30. The number of carboxylic acids is 1. The number of nitrogens with zero attached hydrogens (tertiary/aromatic N) is 1. The second-order valence-corrected chi connectivity index (χ2v) is 4.43.